The average Bonchev–Trinajstić information content (AvgIpc) is 2.89. The van der Waals surface area contributed by atoms with Gasteiger partial charge in [-0.15, -0.1) is 0 Å². The molecule has 1 aromatic carbocycles. The molecule has 4 atom stereocenters. The maximum atomic E-state index is 4.02. The summed E-state index contributed by atoms with van der Waals surface area (Å²) in [6.07, 6.45) is 5.42. The smallest absolute Gasteiger partial charge is 0.0177 e. The molecule has 2 aliphatic carbocycles. The van der Waals surface area contributed by atoms with Crippen LogP contribution < -0.4 is 5.32 Å². The molecule has 1 N–H and O–H groups in total. The minimum absolute atomic E-state index is 0.451. The molecule has 2 fully saturated rings. The Labute approximate surface area is 130 Å². The normalized spacial score (nSPS) is 35.1. The van der Waals surface area contributed by atoms with Gasteiger partial charge in [-0.3, -0.25) is 0 Å². The molecule has 2 unspecified atom stereocenters. The van der Waals surface area contributed by atoms with E-state index in [0.717, 1.165) is 12.3 Å². The molecular formula is C20H31N. The minimum atomic E-state index is 0.451. The lowest BCUT2D eigenvalue weighted by Gasteiger charge is -2.44. The third-order valence-electron chi connectivity index (χ3n) is 6.51. The van der Waals surface area contributed by atoms with Gasteiger partial charge < -0.3 is 5.32 Å². The molecule has 0 amide bonds. The standard InChI is InChI=1S/C20H31N/c1-14-8-6-7-9-16(14)12-15(2)21-18-19(3,4)17-10-11-20(18,5)13-17/h6-9,15,17-18,21H,10-13H2,1-5H3/t15?,17-,18?,20+/m0/s1. The first kappa shape index (κ1) is 15.1. The maximum absolute atomic E-state index is 4.02. The lowest BCUT2D eigenvalue weighted by atomic mass is 9.68. The van der Waals surface area contributed by atoms with E-state index in [1.54, 1.807) is 0 Å². The Kier molecular flexibility index (Phi) is 3.68. The molecule has 0 saturated heterocycles. The van der Waals surface area contributed by atoms with Crippen LogP contribution in [0.15, 0.2) is 24.3 Å². The van der Waals surface area contributed by atoms with Gasteiger partial charge in [0.25, 0.3) is 0 Å². The Morgan fingerprint density at radius 1 is 1.24 bits per heavy atom. The van der Waals surface area contributed by atoms with Crippen LogP contribution in [-0.4, -0.2) is 12.1 Å². The van der Waals surface area contributed by atoms with E-state index in [9.17, 15) is 0 Å². The van der Waals surface area contributed by atoms with Crippen LogP contribution in [0.4, 0.5) is 0 Å². The molecule has 1 aromatic rings. The van der Waals surface area contributed by atoms with Gasteiger partial charge in [0.05, 0.1) is 0 Å². The van der Waals surface area contributed by atoms with E-state index in [1.807, 2.05) is 0 Å². The number of nitrogens with one attached hydrogen (secondary N) is 1. The van der Waals surface area contributed by atoms with Crippen molar-refractivity contribution in [3.8, 4) is 0 Å². The van der Waals surface area contributed by atoms with Gasteiger partial charge in [0.15, 0.2) is 0 Å². The molecule has 2 aliphatic rings. The summed E-state index contributed by atoms with van der Waals surface area (Å²) >= 11 is 0. The Morgan fingerprint density at radius 3 is 2.57 bits per heavy atom. The molecule has 0 heterocycles. The first-order chi connectivity index (χ1) is 9.83. The number of benzene rings is 1. The zero-order valence-corrected chi connectivity index (χ0v) is 14.4. The zero-order valence-electron chi connectivity index (χ0n) is 14.4. The fourth-order valence-electron chi connectivity index (χ4n) is 5.23. The Morgan fingerprint density at radius 2 is 1.95 bits per heavy atom. The van der Waals surface area contributed by atoms with Gasteiger partial charge in [0.2, 0.25) is 0 Å². The van der Waals surface area contributed by atoms with Crippen LogP contribution in [0.1, 0.15) is 58.1 Å². The number of fused-ring (bicyclic) bond motifs is 2. The van der Waals surface area contributed by atoms with Gasteiger partial charge in [-0.2, -0.15) is 0 Å². The summed E-state index contributed by atoms with van der Waals surface area (Å²) in [5, 5.41) is 4.02. The number of hydrogen-bond acceptors (Lipinski definition) is 1. The van der Waals surface area contributed by atoms with Gasteiger partial charge in [-0.25, -0.2) is 0 Å². The summed E-state index contributed by atoms with van der Waals surface area (Å²) in [5.74, 6) is 0.922. The molecule has 3 rings (SSSR count). The second-order valence-corrected chi connectivity index (χ2v) is 8.55. The van der Waals surface area contributed by atoms with Crippen molar-refractivity contribution in [1.82, 2.24) is 5.32 Å². The van der Waals surface area contributed by atoms with Crippen LogP contribution in [0.5, 0.6) is 0 Å². The molecular weight excluding hydrogens is 254 g/mol. The second kappa shape index (κ2) is 5.12. The van der Waals surface area contributed by atoms with Gasteiger partial charge >= 0.3 is 0 Å². The summed E-state index contributed by atoms with van der Waals surface area (Å²) in [5.41, 5.74) is 3.88. The van der Waals surface area contributed by atoms with Crippen molar-refractivity contribution in [1.29, 1.82) is 0 Å². The van der Waals surface area contributed by atoms with E-state index in [-0.39, 0.29) is 0 Å². The third kappa shape index (κ3) is 2.54. The summed E-state index contributed by atoms with van der Waals surface area (Å²) in [4.78, 5) is 0. The van der Waals surface area contributed by atoms with Crippen molar-refractivity contribution in [3.05, 3.63) is 35.4 Å². The molecule has 2 bridgehead atoms. The Hall–Kier alpha value is -0.820. The Bertz CT molecular complexity index is 514. The Balaban J connectivity index is 1.70. The highest BCUT2D eigenvalue weighted by atomic mass is 15.0. The topological polar surface area (TPSA) is 12.0 Å². The van der Waals surface area contributed by atoms with Crippen molar-refractivity contribution in [3.63, 3.8) is 0 Å². The van der Waals surface area contributed by atoms with E-state index < -0.39 is 0 Å². The lowest BCUT2D eigenvalue weighted by molar-refractivity contribution is 0.100. The summed E-state index contributed by atoms with van der Waals surface area (Å²) < 4.78 is 0. The second-order valence-electron chi connectivity index (χ2n) is 8.55. The number of hydrogen-bond donors (Lipinski definition) is 1. The monoisotopic (exact) mass is 285 g/mol. The van der Waals surface area contributed by atoms with Crippen molar-refractivity contribution in [2.45, 2.75) is 72.4 Å². The predicted octanol–water partition coefficient (Wildman–Crippen LogP) is 4.73. The molecule has 1 nitrogen and oxygen atoms in total. The fourth-order valence-corrected chi connectivity index (χ4v) is 5.23. The molecule has 0 radical (unpaired) electrons. The van der Waals surface area contributed by atoms with E-state index in [0.29, 0.717) is 22.9 Å². The van der Waals surface area contributed by atoms with Crippen molar-refractivity contribution in [2.24, 2.45) is 16.7 Å². The first-order valence-corrected chi connectivity index (χ1v) is 8.63. The van der Waals surface area contributed by atoms with Crippen molar-refractivity contribution >= 4 is 0 Å². The first-order valence-electron chi connectivity index (χ1n) is 8.63. The molecule has 2 saturated carbocycles. The molecule has 21 heavy (non-hydrogen) atoms. The molecule has 0 aromatic heterocycles. The fraction of sp³-hybridized carbons (Fsp3) is 0.700. The average molecular weight is 285 g/mol. The SMILES string of the molecule is Cc1ccccc1CC(C)NC1C(C)(C)[C@H]2CC[C@]1(C)C2. The van der Waals surface area contributed by atoms with Crippen LogP contribution in [0.3, 0.4) is 0 Å². The quantitative estimate of drug-likeness (QED) is 0.843. The highest BCUT2D eigenvalue weighted by Gasteiger charge is 2.59. The van der Waals surface area contributed by atoms with E-state index in [4.69, 9.17) is 0 Å². The maximum Gasteiger partial charge on any atom is 0.0177 e. The largest absolute Gasteiger partial charge is 0.310 e. The predicted molar refractivity (Wildman–Crippen MR) is 90.5 cm³/mol. The third-order valence-corrected chi connectivity index (χ3v) is 6.51. The van der Waals surface area contributed by atoms with Crippen LogP contribution in [0, 0.1) is 23.7 Å². The van der Waals surface area contributed by atoms with Crippen molar-refractivity contribution < 1.29 is 0 Å². The van der Waals surface area contributed by atoms with Crippen LogP contribution in [0.25, 0.3) is 0 Å². The van der Waals surface area contributed by atoms with Crippen LogP contribution >= 0.6 is 0 Å². The van der Waals surface area contributed by atoms with Crippen LogP contribution in [0.2, 0.25) is 0 Å². The molecule has 1 heteroatoms. The van der Waals surface area contributed by atoms with Crippen molar-refractivity contribution in [2.75, 3.05) is 0 Å². The summed E-state index contributed by atoms with van der Waals surface area (Å²) in [6, 6.07) is 10.0. The number of rotatable bonds is 4. The van der Waals surface area contributed by atoms with Gasteiger partial charge in [-0.05, 0) is 67.4 Å². The van der Waals surface area contributed by atoms with E-state index in [1.165, 1.54) is 30.4 Å². The van der Waals surface area contributed by atoms with E-state index in [2.05, 4.69) is 64.2 Å². The van der Waals surface area contributed by atoms with Crippen LogP contribution in [-0.2, 0) is 6.42 Å². The van der Waals surface area contributed by atoms with E-state index >= 15 is 0 Å². The highest BCUT2D eigenvalue weighted by Crippen LogP contribution is 2.62. The molecule has 0 aliphatic heterocycles. The van der Waals surface area contributed by atoms with Gasteiger partial charge in [0.1, 0.15) is 0 Å². The zero-order chi connectivity index (χ0) is 15.3. The molecule has 0 spiro atoms. The number of aryl methyl sites for hydroxylation is 1. The molecule has 116 valence electrons. The minimum Gasteiger partial charge on any atom is -0.310 e. The lowest BCUT2D eigenvalue weighted by Crippen LogP contribution is -2.53. The summed E-state index contributed by atoms with van der Waals surface area (Å²) in [7, 11) is 0. The van der Waals surface area contributed by atoms with Gasteiger partial charge in [0, 0.05) is 12.1 Å². The summed E-state index contributed by atoms with van der Waals surface area (Å²) in [6.45, 7) is 12.1. The van der Waals surface area contributed by atoms with Gasteiger partial charge in [-0.1, -0.05) is 45.0 Å². The highest BCUT2D eigenvalue weighted by molar-refractivity contribution is 5.26.